The minimum Gasteiger partial charge on any atom is -0.460 e. The molecule has 0 unspecified atom stereocenters. The number of rotatable bonds is 4. The first kappa shape index (κ1) is 16.0. The fourth-order valence-corrected chi connectivity index (χ4v) is 3.73. The second kappa shape index (κ2) is 6.58. The number of nitrogens with zero attached hydrogens (tertiary/aromatic N) is 1. The lowest BCUT2D eigenvalue weighted by Crippen LogP contribution is -2.43. The largest absolute Gasteiger partial charge is 0.460 e. The maximum atomic E-state index is 11.8. The molecule has 6 heteroatoms. The molecule has 21 heavy (non-hydrogen) atoms. The molecule has 116 valence electrons. The highest BCUT2D eigenvalue weighted by atomic mass is 32.2. The van der Waals surface area contributed by atoms with Gasteiger partial charge in [-0.15, -0.1) is 0 Å². The number of ether oxygens (including phenoxy) is 1. The van der Waals surface area contributed by atoms with Crippen LogP contribution < -0.4 is 0 Å². The van der Waals surface area contributed by atoms with Crippen molar-refractivity contribution in [2.45, 2.75) is 20.5 Å². The minimum atomic E-state index is -2.91. The van der Waals surface area contributed by atoms with Gasteiger partial charge in [0.05, 0.1) is 18.1 Å². The highest BCUT2D eigenvalue weighted by Crippen LogP contribution is 2.10. The predicted octanol–water partition coefficient (Wildman–Crippen LogP) is 1.08. The number of hydrogen-bond donors (Lipinski definition) is 0. The van der Waals surface area contributed by atoms with E-state index in [0.717, 1.165) is 16.7 Å². The van der Waals surface area contributed by atoms with E-state index in [1.165, 1.54) is 0 Å². The van der Waals surface area contributed by atoms with Gasteiger partial charge in [-0.3, -0.25) is 9.69 Å². The molecule has 0 atom stereocenters. The highest BCUT2D eigenvalue weighted by Gasteiger charge is 2.23. The van der Waals surface area contributed by atoms with Gasteiger partial charge in [0.15, 0.2) is 9.84 Å². The molecule has 0 N–H and O–H groups in total. The van der Waals surface area contributed by atoms with E-state index in [1.807, 2.05) is 30.9 Å². The number of aryl methyl sites for hydroxylation is 2. The van der Waals surface area contributed by atoms with E-state index in [4.69, 9.17) is 4.74 Å². The van der Waals surface area contributed by atoms with Crippen LogP contribution in [0.25, 0.3) is 0 Å². The summed E-state index contributed by atoms with van der Waals surface area (Å²) in [6, 6.07) is 6.06. The number of hydrogen-bond acceptors (Lipinski definition) is 5. The summed E-state index contributed by atoms with van der Waals surface area (Å²) in [5.41, 5.74) is 3.26. The van der Waals surface area contributed by atoms with Crippen molar-refractivity contribution >= 4 is 15.8 Å². The number of benzene rings is 1. The summed E-state index contributed by atoms with van der Waals surface area (Å²) in [4.78, 5) is 13.6. The van der Waals surface area contributed by atoms with E-state index in [0.29, 0.717) is 13.1 Å². The standard InChI is InChI=1S/C15H21NO4S/c1-12-7-13(2)9-14(8-12)11-20-15(17)10-16-3-5-21(18,19)6-4-16/h7-9H,3-6,10-11H2,1-2H3. The zero-order valence-electron chi connectivity index (χ0n) is 12.5. The molecule has 0 aliphatic carbocycles. The van der Waals surface area contributed by atoms with E-state index >= 15 is 0 Å². The molecule has 5 nitrogen and oxygen atoms in total. The van der Waals surface area contributed by atoms with Gasteiger partial charge in [0.25, 0.3) is 0 Å². The molecule has 1 aliphatic heterocycles. The van der Waals surface area contributed by atoms with Crippen LogP contribution in [-0.4, -0.2) is 50.4 Å². The molecule has 1 aromatic carbocycles. The molecule has 0 radical (unpaired) electrons. The molecule has 0 bridgehead atoms. The fourth-order valence-electron chi connectivity index (χ4n) is 2.45. The summed E-state index contributed by atoms with van der Waals surface area (Å²) >= 11 is 0. The van der Waals surface area contributed by atoms with Crippen LogP contribution in [0.2, 0.25) is 0 Å². The zero-order valence-corrected chi connectivity index (χ0v) is 13.3. The van der Waals surface area contributed by atoms with Crippen molar-refractivity contribution in [3.05, 3.63) is 34.9 Å². The van der Waals surface area contributed by atoms with Crippen molar-refractivity contribution in [1.29, 1.82) is 0 Å². The lowest BCUT2D eigenvalue weighted by atomic mass is 10.1. The van der Waals surface area contributed by atoms with E-state index < -0.39 is 9.84 Å². The average molecular weight is 311 g/mol. The van der Waals surface area contributed by atoms with Crippen LogP contribution in [-0.2, 0) is 26.0 Å². The summed E-state index contributed by atoms with van der Waals surface area (Å²) in [6.45, 7) is 5.23. The Morgan fingerprint density at radius 1 is 1.14 bits per heavy atom. The van der Waals surface area contributed by atoms with Crippen LogP contribution in [0.3, 0.4) is 0 Å². The van der Waals surface area contributed by atoms with Crippen LogP contribution in [0, 0.1) is 13.8 Å². The van der Waals surface area contributed by atoms with Gasteiger partial charge < -0.3 is 4.74 Å². The Labute approximate surface area is 125 Å². The second-order valence-electron chi connectivity index (χ2n) is 5.58. The van der Waals surface area contributed by atoms with Gasteiger partial charge in [-0.2, -0.15) is 0 Å². The predicted molar refractivity (Wildman–Crippen MR) is 80.8 cm³/mol. The van der Waals surface area contributed by atoms with Crippen LogP contribution in [0.4, 0.5) is 0 Å². The Balaban J connectivity index is 1.80. The topological polar surface area (TPSA) is 63.7 Å². The summed E-state index contributed by atoms with van der Waals surface area (Å²) < 4.78 is 27.9. The molecule has 0 aromatic heterocycles. The molecule has 1 saturated heterocycles. The maximum absolute atomic E-state index is 11.8. The normalized spacial score (nSPS) is 18.4. The number of carbonyl (C=O) groups is 1. The molecule has 0 amide bonds. The molecule has 1 aliphatic rings. The molecule has 1 fully saturated rings. The van der Waals surface area contributed by atoms with Crippen LogP contribution in [0.15, 0.2) is 18.2 Å². The van der Waals surface area contributed by atoms with Crippen LogP contribution >= 0.6 is 0 Å². The minimum absolute atomic E-state index is 0.122. The quantitative estimate of drug-likeness (QED) is 0.779. The maximum Gasteiger partial charge on any atom is 0.320 e. The van der Waals surface area contributed by atoms with E-state index in [9.17, 15) is 13.2 Å². The molecule has 1 aromatic rings. The van der Waals surface area contributed by atoms with Crippen molar-refractivity contribution in [2.75, 3.05) is 31.1 Å². The van der Waals surface area contributed by atoms with E-state index in [1.54, 1.807) is 0 Å². The first-order valence-electron chi connectivity index (χ1n) is 7.00. The molecule has 0 spiro atoms. The molecule has 1 heterocycles. The number of carbonyl (C=O) groups excluding carboxylic acids is 1. The van der Waals surface area contributed by atoms with Crippen LogP contribution in [0.1, 0.15) is 16.7 Å². The lowest BCUT2D eigenvalue weighted by Gasteiger charge is -2.25. The van der Waals surface area contributed by atoms with E-state index in [2.05, 4.69) is 6.07 Å². The third kappa shape index (κ3) is 5.13. The van der Waals surface area contributed by atoms with Gasteiger partial charge in [0.2, 0.25) is 0 Å². The third-order valence-electron chi connectivity index (χ3n) is 3.47. The summed E-state index contributed by atoms with van der Waals surface area (Å²) in [6.07, 6.45) is 0. The summed E-state index contributed by atoms with van der Waals surface area (Å²) in [5, 5.41) is 0. The second-order valence-corrected chi connectivity index (χ2v) is 7.89. The van der Waals surface area contributed by atoms with Crippen molar-refractivity contribution in [3.8, 4) is 0 Å². The van der Waals surface area contributed by atoms with Crippen molar-refractivity contribution in [2.24, 2.45) is 0 Å². The summed E-state index contributed by atoms with van der Waals surface area (Å²) in [5.74, 6) is -0.0669. The average Bonchev–Trinajstić information content (AvgIpc) is 2.38. The molecular formula is C15H21NO4S. The lowest BCUT2D eigenvalue weighted by molar-refractivity contribution is -0.146. The first-order chi connectivity index (χ1) is 9.84. The molecular weight excluding hydrogens is 290 g/mol. The summed E-state index contributed by atoms with van der Waals surface area (Å²) in [7, 11) is -2.91. The van der Waals surface area contributed by atoms with Crippen molar-refractivity contribution < 1.29 is 17.9 Å². The monoisotopic (exact) mass is 311 g/mol. The highest BCUT2D eigenvalue weighted by molar-refractivity contribution is 7.91. The van der Waals surface area contributed by atoms with Gasteiger partial charge in [-0.05, 0) is 19.4 Å². The van der Waals surface area contributed by atoms with Gasteiger partial charge in [0, 0.05) is 13.1 Å². The third-order valence-corrected chi connectivity index (χ3v) is 5.08. The van der Waals surface area contributed by atoms with Crippen molar-refractivity contribution in [1.82, 2.24) is 4.90 Å². The smallest absolute Gasteiger partial charge is 0.320 e. The molecule has 2 rings (SSSR count). The Morgan fingerprint density at radius 2 is 1.71 bits per heavy atom. The van der Waals surface area contributed by atoms with Gasteiger partial charge in [0.1, 0.15) is 6.61 Å². The SMILES string of the molecule is Cc1cc(C)cc(COC(=O)CN2CCS(=O)(=O)CC2)c1. The first-order valence-corrected chi connectivity index (χ1v) is 8.82. The van der Waals surface area contributed by atoms with E-state index in [-0.39, 0.29) is 30.6 Å². The van der Waals surface area contributed by atoms with Gasteiger partial charge in [-0.1, -0.05) is 29.3 Å². The Kier molecular flexibility index (Phi) is 5.00. The van der Waals surface area contributed by atoms with Gasteiger partial charge in [-0.25, -0.2) is 8.42 Å². The zero-order chi connectivity index (χ0) is 15.5. The number of esters is 1. The Bertz CT molecular complexity index is 590. The van der Waals surface area contributed by atoms with Gasteiger partial charge >= 0.3 is 5.97 Å². The fraction of sp³-hybridized carbons (Fsp3) is 0.533. The Hall–Kier alpha value is -1.40. The number of sulfone groups is 1. The molecule has 0 saturated carbocycles. The van der Waals surface area contributed by atoms with Crippen molar-refractivity contribution in [3.63, 3.8) is 0 Å². The van der Waals surface area contributed by atoms with Crippen LogP contribution in [0.5, 0.6) is 0 Å². The Morgan fingerprint density at radius 3 is 2.29 bits per heavy atom.